The highest BCUT2D eigenvalue weighted by Gasteiger charge is 2.30. The predicted octanol–water partition coefficient (Wildman–Crippen LogP) is 4.42. The minimum absolute atomic E-state index is 0.495. The van der Waals surface area contributed by atoms with Crippen LogP contribution in [0.3, 0.4) is 0 Å². The normalized spacial score (nSPS) is 13.0. The summed E-state index contributed by atoms with van der Waals surface area (Å²) in [5.74, 6) is 0.495. The summed E-state index contributed by atoms with van der Waals surface area (Å²) in [4.78, 5) is 0. The third-order valence-electron chi connectivity index (χ3n) is 3.13. The molecule has 2 N–H and O–H groups in total. The van der Waals surface area contributed by atoms with Crippen LogP contribution in [-0.2, 0) is 6.18 Å². The molecule has 6 heteroatoms. The van der Waals surface area contributed by atoms with Crippen LogP contribution in [0.1, 0.15) is 22.7 Å². The van der Waals surface area contributed by atoms with E-state index in [1.54, 1.807) is 18.2 Å². The van der Waals surface area contributed by atoms with E-state index in [4.69, 9.17) is 22.1 Å². The number of hydrogen-bond donors (Lipinski definition) is 1. The van der Waals surface area contributed by atoms with Crippen molar-refractivity contribution in [3.05, 3.63) is 64.2 Å². The Labute approximate surface area is 125 Å². The maximum Gasteiger partial charge on any atom is 0.416 e. The van der Waals surface area contributed by atoms with E-state index in [2.05, 4.69) is 0 Å². The number of alkyl halides is 3. The van der Waals surface area contributed by atoms with E-state index >= 15 is 0 Å². The monoisotopic (exact) mass is 315 g/mol. The maximum atomic E-state index is 12.5. The van der Waals surface area contributed by atoms with E-state index in [9.17, 15) is 13.2 Å². The Morgan fingerprint density at radius 2 is 1.71 bits per heavy atom. The number of benzene rings is 2. The zero-order valence-electron chi connectivity index (χ0n) is 11.1. The first-order chi connectivity index (χ1) is 9.82. The van der Waals surface area contributed by atoms with E-state index < -0.39 is 17.8 Å². The lowest BCUT2D eigenvalue weighted by Gasteiger charge is -2.17. The van der Waals surface area contributed by atoms with Crippen LogP contribution in [0.25, 0.3) is 0 Å². The second kappa shape index (κ2) is 5.95. The minimum atomic E-state index is -4.36. The van der Waals surface area contributed by atoms with Crippen molar-refractivity contribution in [2.75, 3.05) is 7.11 Å². The van der Waals surface area contributed by atoms with Gasteiger partial charge in [-0.25, -0.2) is 0 Å². The van der Waals surface area contributed by atoms with Gasteiger partial charge in [0.15, 0.2) is 0 Å². The fourth-order valence-electron chi connectivity index (χ4n) is 2.00. The second-order valence-corrected chi connectivity index (χ2v) is 4.92. The first kappa shape index (κ1) is 15.7. The summed E-state index contributed by atoms with van der Waals surface area (Å²) in [6.07, 6.45) is -4.36. The van der Waals surface area contributed by atoms with Crippen LogP contribution in [0.4, 0.5) is 13.2 Å². The fourth-order valence-corrected chi connectivity index (χ4v) is 2.16. The van der Waals surface area contributed by atoms with Gasteiger partial charge in [0.05, 0.1) is 18.7 Å². The van der Waals surface area contributed by atoms with Gasteiger partial charge in [-0.3, -0.25) is 0 Å². The lowest BCUT2D eigenvalue weighted by atomic mass is 9.97. The molecular weight excluding hydrogens is 303 g/mol. The number of nitrogens with two attached hydrogens (primary N) is 1. The minimum Gasteiger partial charge on any atom is -0.496 e. The van der Waals surface area contributed by atoms with Gasteiger partial charge in [0.25, 0.3) is 0 Å². The van der Waals surface area contributed by atoms with Crippen molar-refractivity contribution in [3.63, 3.8) is 0 Å². The molecule has 0 bridgehead atoms. The Hall–Kier alpha value is -1.72. The van der Waals surface area contributed by atoms with Crippen molar-refractivity contribution < 1.29 is 17.9 Å². The van der Waals surface area contributed by atoms with Crippen molar-refractivity contribution in [1.29, 1.82) is 0 Å². The van der Waals surface area contributed by atoms with Crippen molar-refractivity contribution in [1.82, 2.24) is 0 Å². The van der Waals surface area contributed by atoms with E-state index in [1.807, 2.05) is 0 Å². The van der Waals surface area contributed by atoms with Crippen LogP contribution < -0.4 is 10.5 Å². The summed E-state index contributed by atoms with van der Waals surface area (Å²) in [5.41, 5.74) is 6.60. The van der Waals surface area contributed by atoms with Gasteiger partial charge in [-0.05, 0) is 29.8 Å². The topological polar surface area (TPSA) is 35.2 Å². The van der Waals surface area contributed by atoms with Crippen molar-refractivity contribution in [2.24, 2.45) is 5.73 Å². The number of rotatable bonds is 3. The lowest BCUT2D eigenvalue weighted by molar-refractivity contribution is -0.137. The summed E-state index contributed by atoms with van der Waals surface area (Å²) >= 11 is 5.87. The summed E-state index contributed by atoms with van der Waals surface area (Å²) in [6.45, 7) is 0. The fraction of sp³-hybridized carbons (Fsp3) is 0.200. The Morgan fingerprint density at radius 1 is 1.10 bits per heavy atom. The summed E-state index contributed by atoms with van der Waals surface area (Å²) in [6, 6.07) is 9.12. The Bertz CT molecular complexity index is 626. The third-order valence-corrected chi connectivity index (χ3v) is 3.36. The Morgan fingerprint density at radius 3 is 2.24 bits per heavy atom. The number of hydrogen-bond acceptors (Lipinski definition) is 2. The molecule has 2 rings (SSSR count). The number of halogens is 4. The van der Waals surface area contributed by atoms with Crippen molar-refractivity contribution in [3.8, 4) is 5.75 Å². The average Bonchev–Trinajstić information content (AvgIpc) is 2.45. The molecule has 2 aromatic rings. The molecule has 0 aromatic heterocycles. The quantitative estimate of drug-likeness (QED) is 0.910. The van der Waals surface area contributed by atoms with Gasteiger partial charge in [-0.1, -0.05) is 29.8 Å². The highest BCUT2D eigenvalue weighted by Crippen LogP contribution is 2.33. The number of ether oxygens (including phenoxy) is 1. The molecule has 2 nitrogen and oxygen atoms in total. The zero-order valence-corrected chi connectivity index (χ0v) is 11.9. The summed E-state index contributed by atoms with van der Waals surface area (Å²) < 4.78 is 42.8. The van der Waals surface area contributed by atoms with Gasteiger partial charge < -0.3 is 10.5 Å². The van der Waals surface area contributed by atoms with Crippen LogP contribution in [-0.4, -0.2) is 7.11 Å². The molecule has 21 heavy (non-hydrogen) atoms. The smallest absolute Gasteiger partial charge is 0.416 e. The predicted molar refractivity (Wildman–Crippen MR) is 75.5 cm³/mol. The van der Waals surface area contributed by atoms with E-state index in [1.165, 1.54) is 19.2 Å². The van der Waals surface area contributed by atoms with Crippen LogP contribution in [0.5, 0.6) is 5.75 Å². The van der Waals surface area contributed by atoms with Crippen LogP contribution in [0, 0.1) is 0 Å². The maximum absolute atomic E-state index is 12.5. The molecule has 2 aromatic carbocycles. The molecule has 0 radical (unpaired) electrons. The second-order valence-electron chi connectivity index (χ2n) is 4.48. The largest absolute Gasteiger partial charge is 0.496 e. The van der Waals surface area contributed by atoms with Gasteiger partial charge >= 0.3 is 6.18 Å². The highest BCUT2D eigenvalue weighted by atomic mass is 35.5. The Balaban J connectivity index is 2.34. The van der Waals surface area contributed by atoms with Crippen LogP contribution in [0.15, 0.2) is 42.5 Å². The lowest BCUT2D eigenvalue weighted by Crippen LogP contribution is -2.14. The molecule has 1 atom stereocenters. The molecule has 0 heterocycles. The standard InChI is InChI=1S/C15H13ClF3NO/c1-21-13-8-11(16)6-7-12(13)14(20)9-2-4-10(5-3-9)15(17,18)19/h2-8,14H,20H2,1H3. The molecule has 1 unspecified atom stereocenters. The van der Waals surface area contributed by atoms with Crippen molar-refractivity contribution in [2.45, 2.75) is 12.2 Å². The van der Waals surface area contributed by atoms with Gasteiger partial charge in [-0.2, -0.15) is 13.2 Å². The molecule has 0 amide bonds. The summed E-state index contributed by atoms with van der Waals surface area (Å²) in [7, 11) is 1.48. The van der Waals surface area contributed by atoms with E-state index in [-0.39, 0.29) is 0 Å². The van der Waals surface area contributed by atoms with Crippen LogP contribution >= 0.6 is 11.6 Å². The molecule has 112 valence electrons. The van der Waals surface area contributed by atoms with Gasteiger partial charge in [0, 0.05) is 10.6 Å². The van der Waals surface area contributed by atoms with Crippen molar-refractivity contribution >= 4 is 11.6 Å². The van der Waals surface area contributed by atoms with E-state index in [0.29, 0.717) is 21.9 Å². The molecule has 0 fully saturated rings. The first-order valence-electron chi connectivity index (χ1n) is 6.09. The molecule has 0 saturated carbocycles. The average molecular weight is 316 g/mol. The Kier molecular flexibility index (Phi) is 4.44. The molecule has 0 saturated heterocycles. The first-order valence-corrected chi connectivity index (χ1v) is 6.47. The molecule has 0 aliphatic carbocycles. The molecule has 0 aliphatic heterocycles. The van der Waals surface area contributed by atoms with Gasteiger partial charge in [-0.15, -0.1) is 0 Å². The molecule has 0 spiro atoms. The molecule has 0 aliphatic rings. The highest BCUT2D eigenvalue weighted by molar-refractivity contribution is 6.30. The van der Waals surface area contributed by atoms with Gasteiger partial charge in [0.2, 0.25) is 0 Å². The van der Waals surface area contributed by atoms with Crippen LogP contribution in [0.2, 0.25) is 5.02 Å². The SMILES string of the molecule is COc1cc(Cl)ccc1C(N)c1ccc(C(F)(F)F)cc1. The van der Waals surface area contributed by atoms with Gasteiger partial charge in [0.1, 0.15) is 5.75 Å². The van der Waals surface area contributed by atoms with E-state index in [0.717, 1.165) is 12.1 Å². The number of methoxy groups -OCH3 is 1. The molecular formula is C15H13ClF3NO. The zero-order chi connectivity index (χ0) is 15.6. The summed E-state index contributed by atoms with van der Waals surface area (Å²) in [5, 5.41) is 0.496. The third kappa shape index (κ3) is 3.49.